The highest BCUT2D eigenvalue weighted by Gasteiger charge is 2.43. The number of fused-ring (bicyclic) bond motifs is 4. The van der Waals surface area contributed by atoms with Gasteiger partial charge in [0.1, 0.15) is 0 Å². The first-order valence-corrected chi connectivity index (χ1v) is 8.05. The molecule has 5 rings (SSSR count). The predicted octanol–water partition coefficient (Wildman–Crippen LogP) is 4.32. The van der Waals surface area contributed by atoms with Crippen LogP contribution < -0.4 is 5.73 Å². The highest BCUT2D eigenvalue weighted by atomic mass is 14.6. The van der Waals surface area contributed by atoms with Crippen molar-refractivity contribution in [1.82, 2.24) is 0 Å². The van der Waals surface area contributed by atoms with Crippen molar-refractivity contribution in [3.8, 4) is 0 Å². The number of hydrogen-bond acceptors (Lipinski definition) is 1. The first-order chi connectivity index (χ1) is 9.86. The summed E-state index contributed by atoms with van der Waals surface area (Å²) in [5, 5.41) is 2.73. The third-order valence-electron chi connectivity index (χ3n) is 5.82. The second-order valence-corrected chi connectivity index (χ2v) is 6.71. The molecule has 0 spiro atoms. The van der Waals surface area contributed by atoms with Crippen molar-refractivity contribution < 1.29 is 0 Å². The van der Waals surface area contributed by atoms with Crippen LogP contribution in [0.3, 0.4) is 0 Å². The van der Waals surface area contributed by atoms with E-state index in [1.165, 1.54) is 42.0 Å². The minimum Gasteiger partial charge on any atom is -0.330 e. The average molecular weight is 265 g/mol. The first kappa shape index (κ1) is 12.4. The molecule has 1 heteroatoms. The summed E-state index contributed by atoms with van der Waals surface area (Å²) < 4.78 is 0. The van der Waals surface area contributed by atoms with Gasteiger partial charge in [0, 0.05) is 0 Å². The molecule has 2 bridgehead atoms. The van der Waals surface area contributed by atoms with E-state index in [1.54, 1.807) is 0 Å². The topological polar surface area (TPSA) is 26.0 Å². The van der Waals surface area contributed by atoms with Crippen molar-refractivity contribution in [2.75, 3.05) is 6.54 Å². The second-order valence-electron chi connectivity index (χ2n) is 6.71. The Morgan fingerprint density at radius 3 is 2.30 bits per heavy atom. The van der Waals surface area contributed by atoms with Gasteiger partial charge in [-0.25, -0.2) is 0 Å². The van der Waals surface area contributed by atoms with Crippen molar-refractivity contribution in [2.45, 2.75) is 31.6 Å². The zero-order valence-corrected chi connectivity index (χ0v) is 12.0. The van der Waals surface area contributed by atoms with Gasteiger partial charge >= 0.3 is 0 Å². The molecule has 0 heterocycles. The summed E-state index contributed by atoms with van der Waals surface area (Å²) in [7, 11) is 0. The van der Waals surface area contributed by atoms with E-state index in [9.17, 15) is 0 Å². The van der Waals surface area contributed by atoms with Gasteiger partial charge in [0.25, 0.3) is 0 Å². The fraction of sp³-hybridized carbons (Fsp3) is 0.474. The van der Waals surface area contributed by atoms with Crippen LogP contribution in [0.5, 0.6) is 0 Å². The van der Waals surface area contributed by atoms with E-state index in [0.29, 0.717) is 11.8 Å². The summed E-state index contributed by atoms with van der Waals surface area (Å²) >= 11 is 0. The maximum atomic E-state index is 6.13. The van der Waals surface area contributed by atoms with Crippen LogP contribution >= 0.6 is 0 Å². The molecule has 3 aliphatic carbocycles. The van der Waals surface area contributed by atoms with Crippen LogP contribution in [-0.4, -0.2) is 6.54 Å². The SMILES string of the molecule is NC[C@H]1C2CCC(CC2)[C@@H]1c1ccc2ccccc2c1. The third-order valence-corrected chi connectivity index (χ3v) is 5.82. The lowest BCUT2D eigenvalue weighted by molar-refractivity contribution is 0.0732. The molecule has 20 heavy (non-hydrogen) atoms. The highest BCUT2D eigenvalue weighted by Crippen LogP contribution is 2.53. The summed E-state index contributed by atoms with van der Waals surface area (Å²) in [4.78, 5) is 0. The van der Waals surface area contributed by atoms with Gasteiger partial charge in [-0.15, -0.1) is 0 Å². The molecule has 0 saturated heterocycles. The molecule has 0 radical (unpaired) electrons. The molecule has 3 saturated carbocycles. The number of rotatable bonds is 2. The monoisotopic (exact) mass is 265 g/mol. The Balaban J connectivity index is 1.77. The number of benzene rings is 2. The Morgan fingerprint density at radius 1 is 0.850 bits per heavy atom. The van der Waals surface area contributed by atoms with E-state index in [4.69, 9.17) is 5.73 Å². The number of nitrogens with two attached hydrogens (primary N) is 1. The summed E-state index contributed by atoms with van der Waals surface area (Å²) in [6, 6.07) is 15.8. The largest absolute Gasteiger partial charge is 0.330 e. The van der Waals surface area contributed by atoms with Gasteiger partial charge in [-0.3, -0.25) is 0 Å². The first-order valence-electron chi connectivity index (χ1n) is 8.05. The Morgan fingerprint density at radius 2 is 1.55 bits per heavy atom. The lowest BCUT2D eigenvalue weighted by Crippen LogP contribution is -2.42. The quantitative estimate of drug-likeness (QED) is 0.860. The molecule has 0 unspecified atom stereocenters. The zero-order valence-electron chi connectivity index (χ0n) is 12.0. The van der Waals surface area contributed by atoms with Gasteiger partial charge in [0.2, 0.25) is 0 Å². The summed E-state index contributed by atoms with van der Waals surface area (Å²) in [5.74, 6) is 3.16. The van der Waals surface area contributed by atoms with Gasteiger partial charge < -0.3 is 5.73 Å². The standard InChI is InChI=1S/C19H23N/c20-12-18-14-6-8-15(9-7-14)19(18)17-10-5-13-3-1-2-4-16(13)11-17/h1-5,10-11,14-15,18-19H,6-9,12,20H2/t14?,15?,18-,19+/m0/s1. The van der Waals surface area contributed by atoms with Crippen LogP contribution in [0.1, 0.15) is 37.2 Å². The maximum Gasteiger partial charge on any atom is -0.00403 e. The van der Waals surface area contributed by atoms with Crippen molar-refractivity contribution in [3.63, 3.8) is 0 Å². The molecular weight excluding hydrogens is 242 g/mol. The van der Waals surface area contributed by atoms with Crippen LogP contribution in [0.25, 0.3) is 10.8 Å². The third kappa shape index (κ3) is 1.88. The molecular formula is C19H23N. The molecule has 104 valence electrons. The van der Waals surface area contributed by atoms with E-state index in [1.807, 2.05) is 0 Å². The van der Waals surface area contributed by atoms with Gasteiger partial charge in [-0.1, -0.05) is 42.5 Å². The van der Waals surface area contributed by atoms with Crippen molar-refractivity contribution in [3.05, 3.63) is 48.0 Å². The molecule has 2 aromatic carbocycles. The normalized spacial score (nSPS) is 32.6. The summed E-state index contributed by atoms with van der Waals surface area (Å²) in [5.41, 5.74) is 7.67. The molecule has 3 fully saturated rings. The maximum absolute atomic E-state index is 6.13. The molecule has 0 amide bonds. The number of hydrogen-bond donors (Lipinski definition) is 1. The molecule has 2 aromatic rings. The molecule has 2 atom stereocenters. The van der Waals surface area contributed by atoms with Gasteiger partial charge in [-0.05, 0) is 72.2 Å². The Labute approximate surface area is 121 Å². The van der Waals surface area contributed by atoms with Crippen molar-refractivity contribution in [1.29, 1.82) is 0 Å². The van der Waals surface area contributed by atoms with Crippen LogP contribution in [-0.2, 0) is 0 Å². The van der Waals surface area contributed by atoms with E-state index in [2.05, 4.69) is 42.5 Å². The Hall–Kier alpha value is -1.34. The lowest BCUT2D eigenvalue weighted by Gasteiger charge is -2.48. The van der Waals surface area contributed by atoms with Crippen LogP contribution in [0.4, 0.5) is 0 Å². The predicted molar refractivity (Wildman–Crippen MR) is 84.7 cm³/mol. The fourth-order valence-electron chi connectivity index (χ4n) is 4.85. The van der Waals surface area contributed by atoms with Crippen molar-refractivity contribution >= 4 is 10.8 Å². The van der Waals surface area contributed by atoms with Crippen LogP contribution in [0.15, 0.2) is 42.5 Å². The molecule has 0 aliphatic heterocycles. The second kappa shape index (κ2) is 4.89. The van der Waals surface area contributed by atoms with Gasteiger partial charge in [0.15, 0.2) is 0 Å². The van der Waals surface area contributed by atoms with Gasteiger partial charge in [-0.2, -0.15) is 0 Å². The Bertz CT molecular complexity index is 610. The fourth-order valence-corrected chi connectivity index (χ4v) is 4.85. The molecule has 2 N–H and O–H groups in total. The minimum atomic E-state index is 0.706. The van der Waals surface area contributed by atoms with Gasteiger partial charge in [0.05, 0.1) is 0 Å². The molecule has 3 aliphatic rings. The lowest BCUT2D eigenvalue weighted by atomic mass is 9.57. The summed E-state index contributed by atoms with van der Waals surface area (Å²) in [6.45, 7) is 0.860. The summed E-state index contributed by atoms with van der Waals surface area (Å²) in [6.07, 6.45) is 5.66. The highest BCUT2D eigenvalue weighted by molar-refractivity contribution is 5.83. The molecule has 0 aromatic heterocycles. The zero-order chi connectivity index (χ0) is 13.5. The smallest absolute Gasteiger partial charge is 0.00403 e. The van der Waals surface area contributed by atoms with E-state index in [-0.39, 0.29) is 0 Å². The van der Waals surface area contributed by atoms with E-state index < -0.39 is 0 Å². The van der Waals surface area contributed by atoms with E-state index >= 15 is 0 Å². The Kier molecular flexibility index (Phi) is 3.03. The van der Waals surface area contributed by atoms with Crippen LogP contribution in [0.2, 0.25) is 0 Å². The minimum absolute atomic E-state index is 0.706. The van der Waals surface area contributed by atoms with Crippen LogP contribution in [0, 0.1) is 17.8 Å². The van der Waals surface area contributed by atoms with Crippen molar-refractivity contribution in [2.24, 2.45) is 23.5 Å². The average Bonchev–Trinajstić information content (AvgIpc) is 2.54. The van der Waals surface area contributed by atoms with E-state index in [0.717, 1.165) is 18.4 Å². The molecule has 1 nitrogen and oxygen atoms in total.